The maximum atomic E-state index is 9.10. The summed E-state index contributed by atoms with van der Waals surface area (Å²) in [4.78, 5) is 8.30. The summed E-state index contributed by atoms with van der Waals surface area (Å²) in [5.74, 6) is 1.64. The maximum Gasteiger partial charge on any atom is 0.204 e. The summed E-state index contributed by atoms with van der Waals surface area (Å²) >= 11 is 0. The van der Waals surface area contributed by atoms with Gasteiger partial charge in [0, 0.05) is 6.54 Å². The van der Waals surface area contributed by atoms with Gasteiger partial charge in [0.1, 0.15) is 12.4 Å². The fourth-order valence-electron chi connectivity index (χ4n) is 1.77. The Morgan fingerprint density at radius 1 is 1.25 bits per heavy atom. The van der Waals surface area contributed by atoms with E-state index in [1.54, 1.807) is 13.2 Å². The number of rotatable bonds is 5. The molecule has 0 radical (unpaired) electrons. The van der Waals surface area contributed by atoms with E-state index in [4.69, 9.17) is 10.00 Å². The van der Waals surface area contributed by atoms with Gasteiger partial charge < -0.3 is 15.4 Å². The van der Waals surface area contributed by atoms with Gasteiger partial charge in [0.05, 0.1) is 18.4 Å². The predicted molar refractivity (Wildman–Crippen MR) is 77.2 cm³/mol. The minimum Gasteiger partial charge on any atom is -0.490 e. The van der Waals surface area contributed by atoms with Crippen molar-refractivity contribution in [2.75, 3.05) is 24.3 Å². The van der Waals surface area contributed by atoms with E-state index in [1.807, 2.05) is 25.1 Å². The summed E-state index contributed by atoms with van der Waals surface area (Å²) < 4.78 is 5.34. The summed E-state index contributed by atoms with van der Waals surface area (Å²) in [5, 5.41) is 15.3. The molecule has 0 aliphatic rings. The SMILES string of the molecule is CCNc1ncnc(Nc2ccccc2C#N)c1OC. The molecule has 2 aromatic rings. The summed E-state index contributed by atoms with van der Waals surface area (Å²) in [6, 6.07) is 9.34. The highest BCUT2D eigenvalue weighted by Gasteiger charge is 2.12. The average Bonchev–Trinajstić information content (AvgIpc) is 2.48. The molecule has 0 atom stereocenters. The molecular weight excluding hydrogens is 254 g/mol. The molecule has 0 aliphatic carbocycles. The minimum absolute atomic E-state index is 0.515. The summed E-state index contributed by atoms with van der Waals surface area (Å²) in [7, 11) is 1.56. The lowest BCUT2D eigenvalue weighted by Gasteiger charge is -2.14. The molecule has 1 aromatic carbocycles. The second-order valence-corrected chi connectivity index (χ2v) is 3.92. The largest absolute Gasteiger partial charge is 0.490 e. The highest BCUT2D eigenvalue weighted by molar-refractivity contribution is 5.72. The molecule has 0 fully saturated rings. The number of ether oxygens (including phenoxy) is 1. The molecular formula is C14H15N5O. The Morgan fingerprint density at radius 2 is 2.00 bits per heavy atom. The summed E-state index contributed by atoms with van der Waals surface area (Å²) in [6.07, 6.45) is 1.44. The van der Waals surface area contributed by atoms with Gasteiger partial charge in [-0.05, 0) is 19.1 Å². The van der Waals surface area contributed by atoms with E-state index in [-0.39, 0.29) is 0 Å². The summed E-state index contributed by atoms with van der Waals surface area (Å²) in [6.45, 7) is 2.70. The smallest absolute Gasteiger partial charge is 0.204 e. The Bertz CT molecular complexity index is 636. The number of hydrogen-bond donors (Lipinski definition) is 2. The number of aromatic nitrogens is 2. The topological polar surface area (TPSA) is 82.9 Å². The number of hydrogen-bond acceptors (Lipinski definition) is 6. The fraction of sp³-hybridized carbons (Fsp3) is 0.214. The number of nitrogens with one attached hydrogen (secondary N) is 2. The van der Waals surface area contributed by atoms with Crippen LogP contribution in [0.2, 0.25) is 0 Å². The first-order valence-corrected chi connectivity index (χ1v) is 6.19. The molecule has 0 saturated carbocycles. The van der Waals surface area contributed by atoms with Crippen molar-refractivity contribution in [3.8, 4) is 11.8 Å². The van der Waals surface area contributed by atoms with Gasteiger partial charge in [-0.1, -0.05) is 12.1 Å². The molecule has 1 heterocycles. The van der Waals surface area contributed by atoms with Gasteiger partial charge in [-0.3, -0.25) is 0 Å². The quantitative estimate of drug-likeness (QED) is 0.867. The zero-order valence-corrected chi connectivity index (χ0v) is 11.3. The first-order valence-electron chi connectivity index (χ1n) is 6.19. The molecule has 102 valence electrons. The Morgan fingerprint density at radius 3 is 2.70 bits per heavy atom. The second kappa shape index (κ2) is 6.38. The number of anilines is 3. The molecule has 1 aromatic heterocycles. The number of methoxy groups -OCH3 is 1. The minimum atomic E-state index is 0.515. The second-order valence-electron chi connectivity index (χ2n) is 3.92. The lowest BCUT2D eigenvalue weighted by Crippen LogP contribution is -2.06. The van der Waals surface area contributed by atoms with Crippen LogP contribution in [-0.2, 0) is 0 Å². The maximum absolute atomic E-state index is 9.10. The lowest BCUT2D eigenvalue weighted by atomic mass is 10.2. The zero-order valence-electron chi connectivity index (χ0n) is 11.3. The molecule has 6 nitrogen and oxygen atoms in total. The van der Waals surface area contributed by atoms with Crippen LogP contribution in [0.1, 0.15) is 12.5 Å². The van der Waals surface area contributed by atoms with Gasteiger partial charge in [-0.2, -0.15) is 5.26 Å². The third-order valence-electron chi connectivity index (χ3n) is 2.65. The van der Waals surface area contributed by atoms with Crippen LogP contribution in [0.3, 0.4) is 0 Å². The normalized spacial score (nSPS) is 9.65. The van der Waals surface area contributed by atoms with Gasteiger partial charge in [0.15, 0.2) is 11.6 Å². The molecule has 6 heteroatoms. The van der Waals surface area contributed by atoms with E-state index in [0.29, 0.717) is 28.6 Å². The molecule has 0 spiro atoms. The molecule has 2 N–H and O–H groups in total. The third-order valence-corrected chi connectivity index (χ3v) is 2.65. The molecule has 20 heavy (non-hydrogen) atoms. The van der Waals surface area contributed by atoms with Crippen molar-refractivity contribution in [1.29, 1.82) is 5.26 Å². The Balaban J connectivity index is 2.38. The van der Waals surface area contributed by atoms with E-state index in [2.05, 4.69) is 26.7 Å². The van der Waals surface area contributed by atoms with Crippen molar-refractivity contribution in [3.63, 3.8) is 0 Å². The van der Waals surface area contributed by atoms with Crippen molar-refractivity contribution in [2.45, 2.75) is 6.92 Å². The molecule has 0 amide bonds. The van der Waals surface area contributed by atoms with E-state index in [1.165, 1.54) is 6.33 Å². The first kappa shape index (κ1) is 13.6. The van der Waals surface area contributed by atoms with Crippen LogP contribution >= 0.6 is 0 Å². The van der Waals surface area contributed by atoms with Gasteiger partial charge in [0.25, 0.3) is 0 Å². The average molecular weight is 269 g/mol. The van der Waals surface area contributed by atoms with Crippen molar-refractivity contribution >= 4 is 17.3 Å². The number of nitriles is 1. The third kappa shape index (κ3) is 2.78. The van der Waals surface area contributed by atoms with Gasteiger partial charge >= 0.3 is 0 Å². The van der Waals surface area contributed by atoms with Crippen molar-refractivity contribution in [1.82, 2.24) is 9.97 Å². The Kier molecular flexibility index (Phi) is 4.35. The van der Waals surface area contributed by atoms with Gasteiger partial charge in [0.2, 0.25) is 5.75 Å². The molecule has 0 aliphatic heterocycles. The van der Waals surface area contributed by atoms with Crippen LogP contribution in [0.5, 0.6) is 5.75 Å². The van der Waals surface area contributed by atoms with Crippen LogP contribution in [0, 0.1) is 11.3 Å². The Labute approximate surface area is 117 Å². The van der Waals surface area contributed by atoms with Crippen LogP contribution in [0.4, 0.5) is 17.3 Å². The number of para-hydroxylation sites is 1. The number of benzene rings is 1. The number of nitrogens with zero attached hydrogens (tertiary/aromatic N) is 3. The molecule has 0 bridgehead atoms. The molecule has 2 rings (SSSR count). The van der Waals surface area contributed by atoms with E-state index in [0.717, 1.165) is 6.54 Å². The zero-order chi connectivity index (χ0) is 14.4. The highest BCUT2D eigenvalue weighted by atomic mass is 16.5. The molecule has 0 unspecified atom stereocenters. The van der Waals surface area contributed by atoms with Crippen LogP contribution in [0.25, 0.3) is 0 Å². The van der Waals surface area contributed by atoms with E-state index >= 15 is 0 Å². The standard InChI is InChI=1S/C14H15N5O/c1-3-16-13-12(20-2)14(18-9-17-13)19-11-7-5-4-6-10(11)8-15/h4-7,9H,3H2,1-2H3,(H2,16,17,18,19). The van der Waals surface area contributed by atoms with Crippen LogP contribution in [0.15, 0.2) is 30.6 Å². The molecule has 0 saturated heterocycles. The fourth-order valence-corrected chi connectivity index (χ4v) is 1.77. The van der Waals surface area contributed by atoms with E-state index in [9.17, 15) is 0 Å². The van der Waals surface area contributed by atoms with Crippen molar-refractivity contribution in [3.05, 3.63) is 36.2 Å². The van der Waals surface area contributed by atoms with Gasteiger partial charge in [-0.15, -0.1) is 0 Å². The first-order chi connectivity index (χ1) is 9.80. The van der Waals surface area contributed by atoms with Gasteiger partial charge in [-0.25, -0.2) is 9.97 Å². The van der Waals surface area contributed by atoms with Crippen LogP contribution in [-0.4, -0.2) is 23.6 Å². The highest BCUT2D eigenvalue weighted by Crippen LogP contribution is 2.31. The lowest BCUT2D eigenvalue weighted by molar-refractivity contribution is 0.415. The summed E-state index contributed by atoms with van der Waals surface area (Å²) in [5.41, 5.74) is 1.22. The Hall–Kier alpha value is -2.81. The van der Waals surface area contributed by atoms with E-state index < -0.39 is 0 Å². The van der Waals surface area contributed by atoms with Crippen molar-refractivity contribution in [2.24, 2.45) is 0 Å². The van der Waals surface area contributed by atoms with Crippen LogP contribution < -0.4 is 15.4 Å². The monoisotopic (exact) mass is 269 g/mol. The van der Waals surface area contributed by atoms with Crippen molar-refractivity contribution < 1.29 is 4.74 Å². The predicted octanol–water partition coefficient (Wildman–Crippen LogP) is 2.53.